The second-order valence-corrected chi connectivity index (χ2v) is 4.13. The molecule has 20 heavy (non-hydrogen) atoms. The van der Waals surface area contributed by atoms with Gasteiger partial charge in [-0.2, -0.15) is 0 Å². The van der Waals surface area contributed by atoms with Crippen molar-refractivity contribution in [1.29, 1.82) is 0 Å². The van der Waals surface area contributed by atoms with Gasteiger partial charge in [-0.15, -0.1) is 0 Å². The minimum Gasteiger partial charge on any atom is -0.366 e. The fourth-order valence-electron chi connectivity index (χ4n) is 1.89. The molecule has 0 aliphatic carbocycles. The van der Waals surface area contributed by atoms with Crippen LogP contribution >= 0.6 is 0 Å². The molecule has 6 heteroatoms. The van der Waals surface area contributed by atoms with E-state index in [1.807, 2.05) is 22.8 Å². The van der Waals surface area contributed by atoms with E-state index in [9.17, 15) is 4.79 Å². The van der Waals surface area contributed by atoms with Crippen molar-refractivity contribution in [3.05, 3.63) is 60.8 Å². The third-order valence-electron chi connectivity index (χ3n) is 2.82. The van der Waals surface area contributed by atoms with Crippen LogP contribution in [0.1, 0.15) is 10.4 Å². The summed E-state index contributed by atoms with van der Waals surface area (Å²) in [5.41, 5.74) is 7.06. The lowest BCUT2D eigenvalue weighted by molar-refractivity contribution is 0.1000. The van der Waals surface area contributed by atoms with Crippen LogP contribution in [0.5, 0.6) is 0 Å². The number of amides is 1. The molecular formula is C14H11N5O. The van der Waals surface area contributed by atoms with Crippen molar-refractivity contribution in [2.45, 2.75) is 0 Å². The van der Waals surface area contributed by atoms with Crippen LogP contribution in [0, 0.1) is 0 Å². The molecule has 0 aliphatic rings. The number of imidazole rings is 1. The molecule has 0 aromatic carbocycles. The minimum absolute atomic E-state index is 0.350. The first-order chi connectivity index (χ1) is 9.75. The minimum atomic E-state index is -0.515. The van der Waals surface area contributed by atoms with E-state index in [1.165, 1.54) is 6.20 Å². The number of hydrogen-bond acceptors (Lipinski definition) is 4. The zero-order chi connectivity index (χ0) is 13.9. The maximum absolute atomic E-state index is 11.2. The molecule has 0 spiro atoms. The Bertz CT molecular complexity index is 751. The smallest absolute Gasteiger partial charge is 0.250 e. The van der Waals surface area contributed by atoms with E-state index in [0.717, 1.165) is 5.69 Å². The van der Waals surface area contributed by atoms with Crippen molar-refractivity contribution < 1.29 is 4.79 Å². The molecule has 1 amide bonds. The van der Waals surface area contributed by atoms with Gasteiger partial charge in [-0.25, -0.2) is 4.98 Å². The molecule has 2 N–H and O–H groups in total. The topological polar surface area (TPSA) is 86.7 Å². The molecule has 3 aromatic heterocycles. The van der Waals surface area contributed by atoms with Crippen molar-refractivity contribution in [3.63, 3.8) is 0 Å². The van der Waals surface area contributed by atoms with Gasteiger partial charge >= 0.3 is 0 Å². The molecule has 0 radical (unpaired) electrons. The van der Waals surface area contributed by atoms with Crippen LogP contribution in [0.4, 0.5) is 0 Å². The molecule has 0 bridgehead atoms. The van der Waals surface area contributed by atoms with Crippen LogP contribution in [0.15, 0.2) is 55.2 Å². The number of primary amides is 1. The Kier molecular flexibility index (Phi) is 2.96. The van der Waals surface area contributed by atoms with Gasteiger partial charge in [0.1, 0.15) is 5.69 Å². The maximum atomic E-state index is 11.2. The number of pyridine rings is 2. The molecule has 6 nitrogen and oxygen atoms in total. The van der Waals surface area contributed by atoms with Crippen LogP contribution in [-0.4, -0.2) is 25.4 Å². The molecule has 0 saturated carbocycles. The molecule has 0 atom stereocenters. The summed E-state index contributed by atoms with van der Waals surface area (Å²) >= 11 is 0. The zero-order valence-corrected chi connectivity index (χ0v) is 10.5. The monoisotopic (exact) mass is 265 g/mol. The van der Waals surface area contributed by atoms with Gasteiger partial charge in [0.25, 0.3) is 0 Å². The van der Waals surface area contributed by atoms with E-state index in [0.29, 0.717) is 17.1 Å². The number of nitrogens with zero attached hydrogens (tertiary/aromatic N) is 4. The van der Waals surface area contributed by atoms with E-state index >= 15 is 0 Å². The predicted octanol–water partition coefficient (Wildman–Crippen LogP) is 1.43. The molecule has 0 unspecified atom stereocenters. The van der Waals surface area contributed by atoms with Gasteiger partial charge in [0.05, 0.1) is 17.4 Å². The lowest BCUT2D eigenvalue weighted by Gasteiger charge is -2.07. The van der Waals surface area contributed by atoms with E-state index in [4.69, 9.17) is 5.73 Å². The van der Waals surface area contributed by atoms with Crippen molar-refractivity contribution in [2.24, 2.45) is 5.73 Å². The average molecular weight is 265 g/mol. The first-order valence-electron chi connectivity index (χ1n) is 5.95. The highest BCUT2D eigenvalue weighted by molar-refractivity contribution is 5.92. The summed E-state index contributed by atoms with van der Waals surface area (Å²) in [5, 5.41) is 0. The Balaban J connectivity index is 2.10. The maximum Gasteiger partial charge on any atom is 0.250 e. The molecule has 98 valence electrons. The number of aromatic nitrogens is 4. The summed E-state index contributed by atoms with van der Waals surface area (Å²) in [6.45, 7) is 0. The standard InChI is InChI=1S/C14H11N5O/c15-13(20)10-7-11(9-16-8-10)19-6-5-18-14(19)12-3-1-2-4-17-12/h1-9H,(H2,15,20). The summed E-state index contributed by atoms with van der Waals surface area (Å²) in [6, 6.07) is 7.26. The summed E-state index contributed by atoms with van der Waals surface area (Å²) in [6.07, 6.45) is 8.23. The van der Waals surface area contributed by atoms with Gasteiger partial charge in [-0.05, 0) is 18.2 Å². The van der Waals surface area contributed by atoms with E-state index < -0.39 is 5.91 Å². The third kappa shape index (κ3) is 2.14. The Morgan fingerprint density at radius 1 is 1.15 bits per heavy atom. The molecule has 0 fully saturated rings. The molecule has 3 rings (SSSR count). The fraction of sp³-hybridized carbons (Fsp3) is 0. The summed E-state index contributed by atoms with van der Waals surface area (Å²) in [7, 11) is 0. The van der Waals surface area contributed by atoms with Gasteiger partial charge in [-0.3, -0.25) is 19.3 Å². The van der Waals surface area contributed by atoms with Crippen molar-refractivity contribution in [2.75, 3.05) is 0 Å². The van der Waals surface area contributed by atoms with Gasteiger partial charge in [-0.1, -0.05) is 6.07 Å². The second kappa shape index (κ2) is 4.93. The zero-order valence-electron chi connectivity index (χ0n) is 10.5. The first-order valence-corrected chi connectivity index (χ1v) is 5.95. The van der Waals surface area contributed by atoms with Gasteiger partial charge < -0.3 is 5.73 Å². The van der Waals surface area contributed by atoms with Gasteiger partial charge in [0.15, 0.2) is 5.82 Å². The highest BCUT2D eigenvalue weighted by Crippen LogP contribution is 2.19. The fourth-order valence-corrected chi connectivity index (χ4v) is 1.89. The summed E-state index contributed by atoms with van der Waals surface area (Å²) in [5.74, 6) is 0.160. The summed E-state index contributed by atoms with van der Waals surface area (Å²) < 4.78 is 1.81. The van der Waals surface area contributed by atoms with Crippen LogP contribution in [-0.2, 0) is 0 Å². The van der Waals surface area contributed by atoms with Crippen molar-refractivity contribution in [1.82, 2.24) is 19.5 Å². The highest BCUT2D eigenvalue weighted by atomic mass is 16.1. The number of rotatable bonds is 3. The lowest BCUT2D eigenvalue weighted by Crippen LogP contribution is -2.12. The number of carbonyl (C=O) groups is 1. The second-order valence-electron chi connectivity index (χ2n) is 4.13. The van der Waals surface area contributed by atoms with E-state index in [-0.39, 0.29) is 0 Å². The number of hydrogen-bond donors (Lipinski definition) is 1. The highest BCUT2D eigenvalue weighted by Gasteiger charge is 2.10. The van der Waals surface area contributed by atoms with Crippen molar-refractivity contribution in [3.8, 4) is 17.2 Å². The Hall–Kier alpha value is -3.02. The largest absolute Gasteiger partial charge is 0.366 e. The Labute approximate surface area is 114 Å². The number of nitrogens with two attached hydrogens (primary N) is 1. The molecule has 0 aliphatic heterocycles. The van der Waals surface area contributed by atoms with Crippen LogP contribution in [0.3, 0.4) is 0 Å². The SMILES string of the molecule is NC(=O)c1cncc(-n2ccnc2-c2ccccn2)c1. The molecule has 3 heterocycles. The Morgan fingerprint density at radius 3 is 2.80 bits per heavy atom. The molecule has 0 saturated heterocycles. The normalized spacial score (nSPS) is 10.4. The van der Waals surface area contributed by atoms with E-state index in [2.05, 4.69) is 15.0 Å². The number of carbonyl (C=O) groups excluding carboxylic acids is 1. The van der Waals surface area contributed by atoms with Crippen LogP contribution in [0.25, 0.3) is 17.2 Å². The average Bonchev–Trinajstić information content (AvgIpc) is 2.98. The summed E-state index contributed by atoms with van der Waals surface area (Å²) in [4.78, 5) is 23.8. The van der Waals surface area contributed by atoms with Crippen molar-refractivity contribution >= 4 is 5.91 Å². The molecule has 3 aromatic rings. The quantitative estimate of drug-likeness (QED) is 0.776. The van der Waals surface area contributed by atoms with E-state index in [1.54, 1.807) is 30.9 Å². The molecular weight excluding hydrogens is 254 g/mol. The van der Waals surface area contributed by atoms with Gasteiger partial charge in [0.2, 0.25) is 5.91 Å². The van der Waals surface area contributed by atoms with Crippen LogP contribution < -0.4 is 5.73 Å². The predicted molar refractivity (Wildman–Crippen MR) is 73.1 cm³/mol. The van der Waals surface area contributed by atoms with Gasteiger partial charge in [0, 0.05) is 24.8 Å². The third-order valence-corrected chi connectivity index (χ3v) is 2.82. The lowest BCUT2D eigenvalue weighted by atomic mass is 10.2. The Morgan fingerprint density at radius 2 is 2.05 bits per heavy atom. The van der Waals surface area contributed by atoms with Crippen LogP contribution in [0.2, 0.25) is 0 Å². The first kappa shape index (κ1) is 12.0.